The van der Waals surface area contributed by atoms with Gasteiger partial charge in [0.05, 0.1) is 16.8 Å². The Hall–Kier alpha value is -2.31. The zero-order chi connectivity index (χ0) is 19.6. The Morgan fingerprint density at radius 3 is 2.59 bits per heavy atom. The highest BCUT2D eigenvalue weighted by Gasteiger charge is 2.31. The third kappa shape index (κ3) is 4.05. The van der Waals surface area contributed by atoms with Gasteiger partial charge in [0.1, 0.15) is 0 Å². The molecule has 1 saturated carbocycles. The molecule has 29 heavy (non-hydrogen) atoms. The van der Waals surface area contributed by atoms with Crippen LogP contribution in [-0.4, -0.2) is 60.3 Å². The molecular weight excluding hydrogens is 380 g/mol. The average Bonchev–Trinajstić information content (AvgIpc) is 3.62. The molecule has 5 nitrogen and oxygen atoms in total. The third-order valence-corrected chi connectivity index (χ3v) is 6.92. The van der Waals surface area contributed by atoms with E-state index in [2.05, 4.69) is 45.1 Å². The van der Waals surface area contributed by atoms with Gasteiger partial charge in [-0.2, -0.15) is 0 Å². The molecule has 1 aromatic carbocycles. The van der Waals surface area contributed by atoms with E-state index < -0.39 is 0 Å². The highest BCUT2D eigenvalue weighted by atomic mass is 32.2. The highest BCUT2D eigenvalue weighted by Crippen LogP contribution is 2.33. The number of benzene rings is 1. The molecule has 1 aromatic heterocycles. The second kappa shape index (κ2) is 8.20. The van der Waals surface area contributed by atoms with Crippen LogP contribution in [0, 0.1) is 0 Å². The first kappa shape index (κ1) is 18.7. The molecule has 2 aliphatic heterocycles. The van der Waals surface area contributed by atoms with Crippen molar-refractivity contribution in [3.63, 3.8) is 0 Å². The summed E-state index contributed by atoms with van der Waals surface area (Å²) in [6.07, 6.45) is 8.32. The number of para-hydroxylation sites is 1. The van der Waals surface area contributed by atoms with E-state index >= 15 is 0 Å². The normalized spacial score (nSPS) is 22.3. The minimum atomic E-state index is 0.0719. The predicted octanol–water partition coefficient (Wildman–Crippen LogP) is 3.49. The smallest absolute Gasteiger partial charge is 0.264 e. The summed E-state index contributed by atoms with van der Waals surface area (Å²) in [5.41, 5.74) is 3.24. The first-order chi connectivity index (χ1) is 14.3. The largest absolute Gasteiger partial charge is 0.368 e. The number of anilines is 2. The van der Waals surface area contributed by atoms with E-state index in [0.29, 0.717) is 0 Å². The SMILES string of the molecule is O=C1C(=Cc2ccccc2N2CCN(C3CC3)CC2)SCCN1c1cccnc1. The first-order valence-corrected chi connectivity index (χ1v) is 11.4. The maximum absolute atomic E-state index is 13.1. The van der Waals surface area contributed by atoms with E-state index in [9.17, 15) is 4.79 Å². The van der Waals surface area contributed by atoms with Crippen LogP contribution >= 0.6 is 11.8 Å². The number of hydrogen-bond acceptors (Lipinski definition) is 5. The molecule has 0 spiro atoms. The van der Waals surface area contributed by atoms with Crippen molar-refractivity contribution in [1.82, 2.24) is 9.88 Å². The molecule has 0 radical (unpaired) electrons. The molecule has 3 heterocycles. The summed E-state index contributed by atoms with van der Waals surface area (Å²) < 4.78 is 0. The molecular formula is C23H26N4OS. The number of piperazine rings is 1. The van der Waals surface area contributed by atoms with Crippen LogP contribution < -0.4 is 9.80 Å². The van der Waals surface area contributed by atoms with Crippen LogP contribution in [0.3, 0.4) is 0 Å². The summed E-state index contributed by atoms with van der Waals surface area (Å²) in [6, 6.07) is 13.2. The van der Waals surface area contributed by atoms with Gasteiger partial charge >= 0.3 is 0 Å². The maximum atomic E-state index is 13.1. The molecule has 3 aliphatic rings. The summed E-state index contributed by atoms with van der Waals surface area (Å²) in [5.74, 6) is 0.969. The number of thioether (sulfide) groups is 1. The first-order valence-electron chi connectivity index (χ1n) is 10.4. The van der Waals surface area contributed by atoms with Gasteiger partial charge in [-0.05, 0) is 42.7 Å². The minimum Gasteiger partial charge on any atom is -0.368 e. The van der Waals surface area contributed by atoms with Gasteiger partial charge in [0, 0.05) is 56.4 Å². The van der Waals surface area contributed by atoms with E-state index in [1.54, 1.807) is 24.2 Å². The van der Waals surface area contributed by atoms with Crippen LogP contribution in [0.5, 0.6) is 0 Å². The number of carbonyl (C=O) groups excluding carboxylic acids is 1. The number of nitrogens with zero attached hydrogens (tertiary/aromatic N) is 4. The summed E-state index contributed by atoms with van der Waals surface area (Å²) in [7, 11) is 0. The molecule has 0 unspecified atom stereocenters. The van der Waals surface area contributed by atoms with Crippen molar-refractivity contribution < 1.29 is 4.79 Å². The van der Waals surface area contributed by atoms with Crippen molar-refractivity contribution in [3.8, 4) is 0 Å². The Labute approximate surface area is 176 Å². The summed E-state index contributed by atoms with van der Waals surface area (Å²) >= 11 is 1.66. The van der Waals surface area contributed by atoms with Gasteiger partial charge in [-0.3, -0.25) is 14.7 Å². The van der Waals surface area contributed by atoms with Crippen LogP contribution in [0.2, 0.25) is 0 Å². The van der Waals surface area contributed by atoms with E-state index in [1.807, 2.05) is 17.0 Å². The fraction of sp³-hybridized carbons (Fsp3) is 0.391. The predicted molar refractivity (Wildman–Crippen MR) is 120 cm³/mol. The van der Waals surface area contributed by atoms with Gasteiger partial charge in [0.15, 0.2) is 0 Å². The lowest BCUT2D eigenvalue weighted by molar-refractivity contribution is -0.114. The number of aromatic nitrogens is 1. The van der Waals surface area contributed by atoms with Crippen LogP contribution in [0.1, 0.15) is 18.4 Å². The van der Waals surface area contributed by atoms with Gasteiger partial charge in [-0.15, -0.1) is 11.8 Å². The number of amides is 1. The van der Waals surface area contributed by atoms with E-state index in [4.69, 9.17) is 0 Å². The van der Waals surface area contributed by atoms with Gasteiger partial charge in [0.2, 0.25) is 0 Å². The Balaban J connectivity index is 1.37. The minimum absolute atomic E-state index is 0.0719. The Bertz CT molecular complexity index is 904. The van der Waals surface area contributed by atoms with Crippen molar-refractivity contribution in [2.24, 2.45) is 0 Å². The van der Waals surface area contributed by atoms with Crippen LogP contribution in [0.4, 0.5) is 11.4 Å². The molecule has 1 aliphatic carbocycles. The molecule has 0 bridgehead atoms. The molecule has 2 saturated heterocycles. The number of carbonyl (C=O) groups is 1. The summed E-state index contributed by atoms with van der Waals surface area (Å²) in [6.45, 7) is 5.10. The Kier molecular flexibility index (Phi) is 5.29. The highest BCUT2D eigenvalue weighted by molar-refractivity contribution is 8.04. The van der Waals surface area contributed by atoms with E-state index in [-0.39, 0.29) is 5.91 Å². The van der Waals surface area contributed by atoms with Gasteiger partial charge < -0.3 is 9.80 Å². The fourth-order valence-electron chi connectivity index (χ4n) is 4.21. The van der Waals surface area contributed by atoms with Crippen LogP contribution in [0.15, 0.2) is 53.7 Å². The van der Waals surface area contributed by atoms with Crippen molar-refractivity contribution in [1.29, 1.82) is 0 Å². The standard InChI is InChI=1S/C23H26N4OS/c28-23-22(29-15-14-27(23)20-5-3-9-24-17-20)16-18-4-1-2-6-21(18)26-12-10-25(11-13-26)19-7-8-19/h1-6,9,16-17,19H,7-8,10-15H2. The third-order valence-electron chi connectivity index (χ3n) is 5.93. The number of rotatable bonds is 4. The lowest BCUT2D eigenvalue weighted by Gasteiger charge is -2.37. The number of pyridine rings is 1. The molecule has 3 fully saturated rings. The van der Waals surface area contributed by atoms with Crippen LogP contribution in [-0.2, 0) is 4.79 Å². The topological polar surface area (TPSA) is 39.7 Å². The molecule has 0 atom stereocenters. The average molecular weight is 407 g/mol. The summed E-state index contributed by atoms with van der Waals surface area (Å²) in [4.78, 5) is 25.1. The maximum Gasteiger partial charge on any atom is 0.264 e. The lowest BCUT2D eigenvalue weighted by Crippen LogP contribution is -2.47. The zero-order valence-corrected chi connectivity index (χ0v) is 17.4. The molecule has 6 heteroatoms. The quantitative estimate of drug-likeness (QED) is 0.727. The molecule has 5 rings (SSSR count). The second-order valence-corrected chi connectivity index (χ2v) is 8.97. The number of hydrogen-bond donors (Lipinski definition) is 0. The molecule has 2 aromatic rings. The fourth-order valence-corrected chi connectivity index (χ4v) is 5.15. The Morgan fingerprint density at radius 2 is 1.83 bits per heavy atom. The molecule has 1 amide bonds. The van der Waals surface area contributed by atoms with Gasteiger partial charge in [0.25, 0.3) is 5.91 Å². The van der Waals surface area contributed by atoms with Crippen molar-refractivity contribution in [2.45, 2.75) is 18.9 Å². The molecule has 150 valence electrons. The van der Waals surface area contributed by atoms with E-state index in [1.165, 1.54) is 18.5 Å². The van der Waals surface area contributed by atoms with Crippen molar-refractivity contribution in [2.75, 3.05) is 48.3 Å². The Morgan fingerprint density at radius 1 is 1.00 bits per heavy atom. The summed E-state index contributed by atoms with van der Waals surface area (Å²) in [5, 5.41) is 0. The van der Waals surface area contributed by atoms with Gasteiger partial charge in [-0.1, -0.05) is 18.2 Å². The van der Waals surface area contributed by atoms with Crippen molar-refractivity contribution in [3.05, 3.63) is 59.3 Å². The lowest BCUT2D eigenvalue weighted by atomic mass is 10.1. The van der Waals surface area contributed by atoms with Gasteiger partial charge in [-0.25, -0.2) is 0 Å². The van der Waals surface area contributed by atoms with Crippen LogP contribution in [0.25, 0.3) is 6.08 Å². The van der Waals surface area contributed by atoms with E-state index in [0.717, 1.165) is 60.7 Å². The zero-order valence-electron chi connectivity index (χ0n) is 16.5. The second-order valence-electron chi connectivity index (χ2n) is 7.84. The van der Waals surface area contributed by atoms with Crippen molar-refractivity contribution >= 4 is 35.1 Å². The monoisotopic (exact) mass is 406 g/mol. The molecule has 0 N–H and O–H groups in total.